The number of nitrogens with one attached hydrogen (secondary N) is 1. The van der Waals surface area contributed by atoms with Crippen LogP contribution in [0.15, 0.2) is 23.8 Å². The van der Waals surface area contributed by atoms with Crippen molar-refractivity contribution in [3.63, 3.8) is 0 Å². The first-order valence-corrected chi connectivity index (χ1v) is 7.40. The van der Waals surface area contributed by atoms with Crippen molar-refractivity contribution in [2.75, 3.05) is 5.32 Å². The van der Waals surface area contributed by atoms with E-state index in [-0.39, 0.29) is 12.3 Å². The quantitative estimate of drug-likeness (QED) is 0.814. The Morgan fingerprint density at radius 2 is 2.33 bits per heavy atom. The molecule has 2 aromatic heterocycles. The first-order valence-electron chi connectivity index (χ1n) is 6.52. The van der Waals surface area contributed by atoms with Crippen molar-refractivity contribution in [2.45, 2.75) is 32.2 Å². The molecule has 0 aliphatic carbocycles. The Morgan fingerprint density at radius 3 is 3.00 bits per heavy atom. The topological polar surface area (TPSA) is 97.1 Å². The number of aromatic nitrogens is 3. The maximum Gasteiger partial charge on any atom is 0.303 e. The molecule has 2 rings (SSSR count). The van der Waals surface area contributed by atoms with Crippen LogP contribution in [0.2, 0.25) is 0 Å². The average Bonchev–Trinajstić information content (AvgIpc) is 3.09. The van der Waals surface area contributed by atoms with Crippen LogP contribution in [0.1, 0.15) is 31.5 Å². The first-order chi connectivity index (χ1) is 10.1. The SMILES string of the molecule is CC(C(=O)Nc1nc(CCCC(=O)O)cs1)n1cccn1. The standard InChI is InChI=1S/C13H16N4O3S/c1-9(17-7-3-6-14-17)12(20)16-13-15-10(8-21-13)4-2-5-11(18)19/h3,6-9H,2,4-5H2,1H3,(H,18,19)(H,15,16,20). The van der Waals surface area contributed by atoms with Gasteiger partial charge in [-0.1, -0.05) is 0 Å². The van der Waals surface area contributed by atoms with Gasteiger partial charge in [-0.05, 0) is 25.8 Å². The summed E-state index contributed by atoms with van der Waals surface area (Å²) in [6, 6.07) is 1.34. The van der Waals surface area contributed by atoms with Crippen molar-refractivity contribution in [2.24, 2.45) is 0 Å². The number of carbonyl (C=O) groups is 2. The summed E-state index contributed by atoms with van der Waals surface area (Å²) in [4.78, 5) is 26.8. The van der Waals surface area contributed by atoms with Gasteiger partial charge in [0, 0.05) is 24.2 Å². The van der Waals surface area contributed by atoms with Crippen molar-refractivity contribution in [3.05, 3.63) is 29.5 Å². The van der Waals surface area contributed by atoms with Crippen LogP contribution in [0, 0.1) is 0 Å². The van der Waals surface area contributed by atoms with E-state index in [9.17, 15) is 9.59 Å². The minimum absolute atomic E-state index is 0.121. The summed E-state index contributed by atoms with van der Waals surface area (Å²) in [7, 11) is 0. The molecule has 1 amide bonds. The third-order valence-corrected chi connectivity index (χ3v) is 3.71. The Kier molecular flexibility index (Phi) is 5.04. The lowest BCUT2D eigenvalue weighted by atomic mass is 10.2. The number of anilines is 1. The Balaban J connectivity index is 1.87. The molecule has 1 unspecified atom stereocenters. The highest BCUT2D eigenvalue weighted by Crippen LogP contribution is 2.18. The lowest BCUT2D eigenvalue weighted by Crippen LogP contribution is -2.23. The molecule has 0 spiro atoms. The van der Waals surface area contributed by atoms with Crippen molar-refractivity contribution >= 4 is 28.3 Å². The molecule has 7 nitrogen and oxygen atoms in total. The zero-order chi connectivity index (χ0) is 15.2. The molecular weight excluding hydrogens is 292 g/mol. The van der Waals surface area contributed by atoms with Crippen molar-refractivity contribution in [3.8, 4) is 0 Å². The summed E-state index contributed by atoms with van der Waals surface area (Å²) in [6.07, 6.45) is 4.59. The van der Waals surface area contributed by atoms with Crippen molar-refractivity contribution < 1.29 is 14.7 Å². The van der Waals surface area contributed by atoms with E-state index in [0.29, 0.717) is 18.0 Å². The molecule has 0 aromatic carbocycles. The number of rotatable bonds is 7. The lowest BCUT2D eigenvalue weighted by Gasteiger charge is -2.10. The van der Waals surface area contributed by atoms with Gasteiger partial charge in [-0.3, -0.25) is 14.3 Å². The highest BCUT2D eigenvalue weighted by molar-refractivity contribution is 7.13. The van der Waals surface area contributed by atoms with Crippen LogP contribution < -0.4 is 5.32 Å². The molecule has 21 heavy (non-hydrogen) atoms. The molecule has 0 aliphatic rings. The van der Waals surface area contributed by atoms with Gasteiger partial charge < -0.3 is 10.4 Å². The molecule has 1 atom stereocenters. The number of nitrogens with zero attached hydrogens (tertiary/aromatic N) is 3. The maximum atomic E-state index is 12.0. The lowest BCUT2D eigenvalue weighted by molar-refractivity contribution is -0.137. The number of carbonyl (C=O) groups excluding carboxylic acids is 1. The number of thiazole rings is 1. The molecule has 2 aromatic rings. The van der Waals surface area contributed by atoms with E-state index in [0.717, 1.165) is 5.69 Å². The highest BCUT2D eigenvalue weighted by atomic mass is 32.1. The van der Waals surface area contributed by atoms with Crippen molar-refractivity contribution in [1.82, 2.24) is 14.8 Å². The van der Waals surface area contributed by atoms with E-state index in [1.807, 2.05) is 5.38 Å². The molecule has 2 N–H and O–H groups in total. The van der Waals surface area contributed by atoms with E-state index >= 15 is 0 Å². The van der Waals surface area contributed by atoms with Gasteiger partial charge in [0.05, 0.1) is 5.69 Å². The minimum Gasteiger partial charge on any atom is -0.481 e. The van der Waals surface area contributed by atoms with Crippen LogP contribution in [0.3, 0.4) is 0 Å². The van der Waals surface area contributed by atoms with Crippen molar-refractivity contribution in [1.29, 1.82) is 0 Å². The Morgan fingerprint density at radius 1 is 1.52 bits per heavy atom. The number of carboxylic acid groups (broad SMARTS) is 1. The largest absolute Gasteiger partial charge is 0.481 e. The molecule has 8 heteroatoms. The van der Waals surface area contributed by atoms with E-state index in [1.165, 1.54) is 11.3 Å². The van der Waals surface area contributed by atoms with Crippen LogP contribution in [-0.4, -0.2) is 31.7 Å². The summed E-state index contributed by atoms with van der Waals surface area (Å²) >= 11 is 1.33. The third-order valence-electron chi connectivity index (χ3n) is 2.91. The van der Waals surface area contributed by atoms with Gasteiger partial charge in [-0.2, -0.15) is 5.10 Å². The predicted octanol–water partition coefficient (Wildman–Crippen LogP) is 1.95. The van der Waals surface area contributed by atoms with Gasteiger partial charge in [-0.25, -0.2) is 4.98 Å². The molecule has 0 fully saturated rings. The van der Waals surface area contributed by atoms with Gasteiger partial charge in [-0.15, -0.1) is 11.3 Å². The molecule has 2 heterocycles. The summed E-state index contributed by atoms with van der Waals surface area (Å²) in [5, 5.41) is 17.7. The molecule has 0 radical (unpaired) electrons. The van der Waals surface area contributed by atoms with Gasteiger partial charge >= 0.3 is 5.97 Å². The number of amides is 1. The van der Waals surface area contributed by atoms with Gasteiger partial charge in [0.1, 0.15) is 6.04 Å². The third kappa shape index (κ3) is 4.38. The van der Waals surface area contributed by atoms with E-state index in [4.69, 9.17) is 5.11 Å². The molecule has 112 valence electrons. The molecule has 0 saturated heterocycles. The predicted molar refractivity (Wildman–Crippen MR) is 78.3 cm³/mol. The van der Waals surface area contributed by atoms with Crippen LogP contribution >= 0.6 is 11.3 Å². The highest BCUT2D eigenvalue weighted by Gasteiger charge is 2.16. The zero-order valence-electron chi connectivity index (χ0n) is 11.5. The molecular formula is C13H16N4O3S. The molecule has 0 saturated carbocycles. The average molecular weight is 308 g/mol. The fraction of sp³-hybridized carbons (Fsp3) is 0.385. The first kappa shape index (κ1) is 15.2. The Labute approximate surface area is 125 Å². The summed E-state index contributed by atoms with van der Waals surface area (Å²) in [5.41, 5.74) is 0.795. The van der Waals surface area contributed by atoms with E-state index < -0.39 is 12.0 Å². The van der Waals surface area contributed by atoms with Gasteiger partial charge in [0.2, 0.25) is 0 Å². The smallest absolute Gasteiger partial charge is 0.303 e. The van der Waals surface area contributed by atoms with Crippen LogP contribution in [0.4, 0.5) is 5.13 Å². The van der Waals surface area contributed by atoms with E-state index in [1.54, 1.807) is 30.1 Å². The normalized spacial score (nSPS) is 12.0. The fourth-order valence-corrected chi connectivity index (χ4v) is 2.49. The zero-order valence-corrected chi connectivity index (χ0v) is 12.3. The Bertz CT molecular complexity index is 609. The number of aryl methyl sites for hydroxylation is 1. The second-order valence-corrected chi connectivity index (χ2v) is 5.40. The number of carboxylic acids is 1. The summed E-state index contributed by atoms with van der Waals surface area (Å²) in [6.45, 7) is 1.75. The Hall–Kier alpha value is -2.22. The second kappa shape index (κ2) is 6.98. The van der Waals surface area contributed by atoms with Crippen LogP contribution in [-0.2, 0) is 16.0 Å². The number of hydrogen-bond acceptors (Lipinski definition) is 5. The summed E-state index contributed by atoms with van der Waals surface area (Å²) in [5.74, 6) is -1.00. The number of hydrogen-bond donors (Lipinski definition) is 2. The fourth-order valence-electron chi connectivity index (χ4n) is 1.74. The summed E-state index contributed by atoms with van der Waals surface area (Å²) < 4.78 is 1.57. The monoisotopic (exact) mass is 308 g/mol. The minimum atomic E-state index is -0.813. The van der Waals surface area contributed by atoms with Crippen LogP contribution in [0.25, 0.3) is 0 Å². The maximum absolute atomic E-state index is 12.0. The molecule has 0 bridgehead atoms. The van der Waals surface area contributed by atoms with Gasteiger partial charge in [0.25, 0.3) is 5.91 Å². The van der Waals surface area contributed by atoms with E-state index in [2.05, 4.69) is 15.4 Å². The van der Waals surface area contributed by atoms with Gasteiger partial charge in [0.15, 0.2) is 5.13 Å². The molecule has 0 aliphatic heterocycles. The second-order valence-electron chi connectivity index (χ2n) is 4.54. The number of aliphatic carboxylic acids is 1. The van der Waals surface area contributed by atoms with Crippen LogP contribution in [0.5, 0.6) is 0 Å².